The van der Waals surface area contributed by atoms with Gasteiger partial charge in [-0.2, -0.15) is 0 Å². The summed E-state index contributed by atoms with van der Waals surface area (Å²) < 4.78 is 0. The third-order valence-corrected chi connectivity index (χ3v) is 1.97. The first kappa shape index (κ1) is 6.61. The molecule has 1 atom stereocenters. The fourth-order valence-electron chi connectivity index (χ4n) is 1.20. The van der Waals surface area contributed by atoms with Crippen molar-refractivity contribution in [2.75, 3.05) is 6.54 Å². The molecule has 2 rings (SSSR count). The van der Waals surface area contributed by atoms with Gasteiger partial charge in [-0.25, -0.2) is 0 Å². The lowest BCUT2D eigenvalue weighted by molar-refractivity contribution is 0.355. The monoisotopic (exact) mass is 150 g/mol. The summed E-state index contributed by atoms with van der Waals surface area (Å²) >= 11 is 0. The first-order valence-corrected chi connectivity index (χ1v) is 3.75. The highest BCUT2D eigenvalue weighted by Gasteiger charge is 2.21. The predicted octanol–water partition coefficient (Wildman–Crippen LogP) is 0.822. The first-order chi connectivity index (χ1) is 5.38. The number of pyridine rings is 1. The average Bonchev–Trinajstić information content (AvgIpc) is 1.90. The summed E-state index contributed by atoms with van der Waals surface area (Å²) in [5, 5.41) is 12.5. The summed E-state index contributed by atoms with van der Waals surface area (Å²) in [5.74, 6) is 0.296. The van der Waals surface area contributed by atoms with Gasteiger partial charge in [-0.15, -0.1) is 0 Å². The van der Waals surface area contributed by atoms with Gasteiger partial charge < -0.3 is 10.4 Å². The Morgan fingerprint density at radius 3 is 3.00 bits per heavy atom. The molecule has 3 heteroatoms. The van der Waals surface area contributed by atoms with E-state index >= 15 is 0 Å². The van der Waals surface area contributed by atoms with Crippen LogP contribution in [0.5, 0.6) is 5.75 Å². The van der Waals surface area contributed by atoms with Crippen molar-refractivity contribution in [3.63, 3.8) is 0 Å². The van der Waals surface area contributed by atoms with Crippen molar-refractivity contribution < 1.29 is 5.11 Å². The number of aromatic nitrogens is 1. The van der Waals surface area contributed by atoms with E-state index in [2.05, 4.69) is 10.3 Å². The predicted molar refractivity (Wildman–Crippen MR) is 41.3 cm³/mol. The first-order valence-electron chi connectivity index (χ1n) is 3.75. The van der Waals surface area contributed by atoms with E-state index in [-0.39, 0.29) is 6.04 Å². The lowest BCUT2D eigenvalue weighted by Gasteiger charge is -2.27. The summed E-state index contributed by atoms with van der Waals surface area (Å²) in [6.07, 6.45) is 2.78. The molecule has 1 fully saturated rings. The van der Waals surface area contributed by atoms with Crippen LogP contribution in [0.1, 0.15) is 18.2 Å². The van der Waals surface area contributed by atoms with Crippen LogP contribution in [0.4, 0.5) is 0 Å². The van der Waals surface area contributed by atoms with Crippen LogP contribution in [-0.4, -0.2) is 16.6 Å². The molecule has 0 saturated carbocycles. The largest absolute Gasteiger partial charge is 0.506 e. The Balaban J connectivity index is 2.28. The van der Waals surface area contributed by atoms with Gasteiger partial charge in [0.15, 0.2) is 0 Å². The standard InChI is InChI=1S/C8H10N2O/c11-7-2-1-4-10-8(7)6-3-5-9-6/h1-2,4,6,9,11H,3,5H2. The Labute approximate surface area is 65.1 Å². The molecule has 3 nitrogen and oxygen atoms in total. The van der Waals surface area contributed by atoms with Crippen molar-refractivity contribution in [1.82, 2.24) is 10.3 Å². The highest BCUT2D eigenvalue weighted by Crippen LogP contribution is 2.27. The lowest BCUT2D eigenvalue weighted by Crippen LogP contribution is -2.35. The fourth-order valence-corrected chi connectivity index (χ4v) is 1.20. The third-order valence-electron chi connectivity index (χ3n) is 1.97. The Morgan fingerprint density at radius 1 is 1.64 bits per heavy atom. The average molecular weight is 150 g/mol. The highest BCUT2D eigenvalue weighted by atomic mass is 16.3. The molecule has 1 unspecified atom stereocenters. The molecule has 0 bridgehead atoms. The van der Waals surface area contributed by atoms with Gasteiger partial charge in [0.2, 0.25) is 0 Å². The summed E-state index contributed by atoms with van der Waals surface area (Å²) in [6.45, 7) is 1.03. The number of nitrogens with one attached hydrogen (secondary N) is 1. The molecule has 1 aromatic rings. The van der Waals surface area contributed by atoms with Crippen LogP contribution in [-0.2, 0) is 0 Å². The van der Waals surface area contributed by atoms with Gasteiger partial charge in [0, 0.05) is 6.20 Å². The molecule has 1 aliphatic heterocycles. The van der Waals surface area contributed by atoms with Crippen LogP contribution < -0.4 is 5.32 Å². The molecule has 1 aromatic heterocycles. The minimum absolute atomic E-state index is 0.274. The van der Waals surface area contributed by atoms with E-state index < -0.39 is 0 Å². The van der Waals surface area contributed by atoms with Gasteiger partial charge in [0.25, 0.3) is 0 Å². The molecule has 11 heavy (non-hydrogen) atoms. The number of rotatable bonds is 1. The normalized spacial score (nSPS) is 22.7. The van der Waals surface area contributed by atoms with Gasteiger partial charge in [-0.05, 0) is 25.1 Å². The minimum atomic E-state index is 0.274. The highest BCUT2D eigenvalue weighted by molar-refractivity contribution is 5.28. The second kappa shape index (κ2) is 2.51. The third kappa shape index (κ3) is 1.07. The molecule has 0 aromatic carbocycles. The van der Waals surface area contributed by atoms with E-state index in [0.717, 1.165) is 18.7 Å². The second-order valence-corrected chi connectivity index (χ2v) is 2.70. The van der Waals surface area contributed by atoms with Crippen molar-refractivity contribution in [3.05, 3.63) is 24.0 Å². The molecular formula is C8H10N2O. The molecule has 0 aliphatic carbocycles. The summed E-state index contributed by atoms with van der Waals surface area (Å²) in [5.41, 5.74) is 0.777. The van der Waals surface area contributed by atoms with E-state index in [0.29, 0.717) is 5.75 Å². The molecule has 0 amide bonds. The number of hydrogen-bond acceptors (Lipinski definition) is 3. The quantitative estimate of drug-likeness (QED) is 0.623. The van der Waals surface area contributed by atoms with Crippen molar-refractivity contribution >= 4 is 0 Å². The fraction of sp³-hybridized carbons (Fsp3) is 0.375. The molecule has 1 saturated heterocycles. The minimum Gasteiger partial charge on any atom is -0.506 e. The van der Waals surface area contributed by atoms with Gasteiger partial charge in [0.1, 0.15) is 5.75 Å². The van der Waals surface area contributed by atoms with Gasteiger partial charge in [-0.3, -0.25) is 4.98 Å². The summed E-state index contributed by atoms with van der Waals surface area (Å²) in [4.78, 5) is 4.09. The molecule has 2 heterocycles. The van der Waals surface area contributed by atoms with Crippen LogP contribution in [0.2, 0.25) is 0 Å². The van der Waals surface area contributed by atoms with Crippen molar-refractivity contribution in [2.24, 2.45) is 0 Å². The maximum Gasteiger partial charge on any atom is 0.138 e. The van der Waals surface area contributed by atoms with Crippen molar-refractivity contribution in [3.8, 4) is 5.75 Å². The molecule has 1 aliphatic rings. The number of aromatic hydroxyl groups is 1. The molecule has 2 N–H and O–H groups in total. The SMILES string of the molecule is Oc1cccnc1C1CCN1. The maximum absolute atomic E-state index is 9.34. The summed E-state index contributed by atoms with van der Waals surface area (Å²) in [7, 11) is 0. The van der Waals surface area contributed by atoms with Crippen LogP contribution >= 0.6 is 0 Å². The van der Waals surface area contributed by atoms with Crippen LogP contribution in [0, 0.1) is 0 Å². The maximum atomic E-state index is 9.34. The van der Waals surface area contributed by atoms with Crippen LogP contribution in [0.15, 0.2) is 18.3 Å². The van der Waals surface area contributed by atoms with Gasteiger partial charge in [0.05, 0.1) is 11.7 Å². The summed E-state index contributed by atoms with van der Waals surface area (Å²) in [6, 6.07) is 3.68. The molecule has 0 radical (unpaired) electrons. The van der Waals surface area contributed by atoms with Crippen molar-refractivity contribution in [1.29, 1.82) is 0 Å². The zero-order valence-electron chi connectivity index (χ0n) is 6.12. The topological polar surface area (TPSA) is 45.2 Å². The lowest BCUT2D eigenvalue weighted by atomic mass is 10.0. The van der Waals surface area contributed by atoms with E-state index in [9.17, 15) is 5.11 Å². The Bertz CT molecular complexity index is 258. The van der Waals surface area contributed by atoms with Crippen LogP contribution in [0.3, 0.4) is 0 Å². The molecule has 58 valence electrons. The number of hydrogen-bond donors (Lipinski definition) is 2. The Morgan fingerprint density at radius 2 is 2.45 bits per heavy atom. The smallest absolute Gasteiger partial charge is 0.138 e. The Hall–Kier alpha value is -1.09. The van der Waals surface area contributed by atoms with E-state index in [1.165, 1.54) is 0 Å². The zero-order chi connectivity index (χ0) is 7.68. The van der Waals surface area contributed by atoms with Gasteiger partial charge in [-0.1, -0.05) is 0 Å². The van der Waals surface area contributed by atoms with Crippen LogP contribution in [0.25, 0.3) is 0 Å². The molecule has 0 spiro atoms. The van der Waals surface area contributed by atoms with Crippen molar-refractivity contribution in [2.45, 2.75) is 12.5 Å². The molecular weight excluding hydrogens is 140 g/mol. The number of nitrogens with zero attached hydrogens (tertiary/aromatic N) is 1. The van der Waals surface area contributed by atoms with E-state index in [1.54, 1.807) is 18.3 Å². The van der Waals surface area contributed by atoms with E-state index in [1.807, 2.05) is 0 Å². The zero-order valence-corrected chi connectivity index (χ0v) is 6.12. The van der Waals surface area contributed by atoms with E-state index in [4.69, 9.17) is 0 Å². The van der Waals surface area contributed by atoms with Gasteiger partial charge >= 0.3 is 0 Å². The Kier molecular flexibility index (Phi) is 1.51. The second-order valence-electron chi connectivity index (χ2n) is 2.70.